The van der Waals surface area contributed by atoms with Crippen molar-refractivity contribution >= 4 is 11.8 Å². The van der Waals surface area contributed by atoms with Gasteiger partial charge in [-0.1, -0.05) is 32.0 Å². The van der Waals surface area contributed by atoms with Crippen molar-refractivity contribution in [2.24, 2.45) is 11.7 Å². The molecule has 5 heteroatoms. The Kier molecular flexibility index (Phi) is 7.05. The molecule has 122 valence electrons. The van der Waals surface area contributed by atoms with Gasteiger partial charge in [-0.25, -0.2) is 0 Å². The van der Waals surface area contributed by atoms with Crippen LogP contribution in [0.5, 0.6) is 0 Å². The van der Waals surface area contributed by atoms with E-state index in [0.717, 1.165) is 5.56 Å². The summed E-state index contributed by atoms with van der Waals surface area (Å²) in [7, 11) is 0. The molecule has 0 spiro atoms. The first-order valence-corrected chi connectivity index (χ1v) is 7.72. The SMILES string of the molecule is Cc1ccccc1C(=O)NC(CC(C)C)C(=O)N[C@@H](C)CN. The molecule has 0 fully saturated rings. The van der Waals surface area contributed by atoms with Gasteiger partial charge in [0.05, 0.1) is 0 Å². The highest BCUT2D eigenvalue weighted by molar-refractivity contribution is 5.98. The standard InChI is InChI=1S/C17H27N3O2/c1-11(2)9-15(17(22)19-13(4)10-18)20-16(21)14-8-6-5-7-12(14)3/h5-8,11,13,15H,9-10,18H2,1-4H3,(H,19,22)(H,20,21)/t13-,15?/m0/s1. The van der Waals surface area contributed by atoms with Crippen molar-refractivity contribution in [2.75, 3.05) is 6.54 Å². The molecule has 0 aliphatic heterocycles. The number of nitrogens with two attached hydrogens (primary N) is 1. The van der Waals surface area contributed by atoms with Crippen LogP contribution in [0.4, 0.5) is 0 Å². The molecule has 0 bridgehead atoms. The molecule has 0 aromatic heterocycles. The van der Waals surface area contributed by atoms with Gasteiger partial charge in [-0.3, -0.25) is 9.59 Å². The lowest BCUT2D eigenvalue weighted by molar-refractivity contribution is -0.123. The van der Waals surface area contributed by atoms with Gasteiger partial charge in [0.25, 0.3) is 5.91 Å². The van der Waals surface area contributed by atoms with Crippen molar-refractivity contribution in [2.45, 2.75) is 46.2 Å². The van der Waals surface area contributed by atoms with E-state index < -0.39 is 6.04 Å². The van der Waals surface area contributed by atoms with Crippen molar-refractivity contribution in [1.29, 1.82) is 0 Å². The second-order valence-corrected chi connectivity index (χ2v) is 6.12. The lowest BCUT2D eigenvalue weighted by atomic mass is 10.0. The zero-order valence-corrected chi connectivity index (χ0v) is 13.8. The Morgan fingerprint density at radius 3 is 2.32 bits per heavy atom. The molecule has 1 aromatic rings. The Labute approximate surface area is 132 Å². The summed E-state index contributed by atoms with van der Waals surface area (Å²) in [6.07, 6.45) is 0.584. The van der Waals surface area contributed by atoms with Crippen LogP contribution in [0, 0.1) is 12.8 Å². The fourth-order valence-electron chi connectivity index (χ4n) is 2.17. The van der Waals surface area contributed by atoms with E-state index in [9.17, 15) is 9.59 Å². The Bertz CT molecular complexity index is 514. The van der Waals surface area contributed by atoms with E-state index >= 15 is 0 Å². The molecule has 0 saturated heterocycles. The van der Waals surface area contributed by atoms with Gasteiger partial charge in [-0.05, 0) is 37.8 Å². The number of rotatable bonds is 7. The summed E-state index contributed by atoms with van der Waals surface area (Å²) in [6.45, 7) is 8.13. The number of nitrogens with one attached hydrogen (secondary N) is 2. The Balaban J connectivity index is 2.82. The molecule has 1 rings (SSSR count). The van der Waals surface area contributed by atoms with Crippen molar-refractivity contribution < 1.29 is 9.59 Å². The number of hydrogen-bond acceptors (Lipinski definition) is 3. The highest BCUT2D eigenvalue weighted by Gasteiger charge is 2.23. The van der Waals surface area contributed by atoms with E-state index in [1.807, 2.05) is 45.9 Å². The van der Waals surface area contributed by atoms with E-state index in [4.69, 9.17) is 5.73 Å². The Morgan fingerprint density at radius 1 is 1.14 bits per heavy atom. The van der Waals surface area contributed by atoms with Crippen LogP contribution in [0.25, 0.3) is 0 Å². The molecule has 4 N–H and O–H groups in total. The zero-order valence-electron chi connectivity index (χ0n) is 13.8. The highest BCUT2D eigenvalue weighted by Crippen LogP contribution is 2.10. The molecular weight excluding hydrogens is 278 g/mol. The molecule has 0 aliphatic rings. The van der Waals surface area contributed by atoms with Gasteiger partial charge in [-0.2, -0.15) is 0 Å². The molecule has 0 saturated carbocycles. The summed E-state index contributed by atoms with van der Waals surface area (Å²) in [6, 6.07) is 6.67. The normalized spacial score (nSPS) is 13.5. The third-order valence-electron chi connectivity index (χ3n) is 3.46. The van der Waals surface area contributed by atoms with Gasteiger partial charge >= 0.3 is 0 Å². The minimum absolute atomic E-state index is 0.113. The molecule has 0 radical (unpaired) electrons. The van der Waals surface area contributed by atoms with Gasteiger partial charge in [0.15, 0.2) is 0 Å². The van der Waals surface area contributed by atoms with Gasteiger partial charge in [0, 0.05) is 18.2 Å². The van der Waals surface area contributed by atoms with Crippen LogP contribution in [0.3, 0.4) is 0 Å². The molecule has 2 atom stereocenters. The summed E-state index contributed by atoms with van der Waals surface area (Å²) in [4.78, 5) is 24.7. The minimum Gasteiger partial charge on any atom is -0.351 e. The number of carbonyl (C=O) groups is 2. The topological polar surface area (TPSA) is 84.2 Å². The van der Waals surface area contributed by atoms with Gasteiger partial charge in [0.1, 0.15) is 6.04 Å². The fraction of sp³-hybridized carbons (Fsp3) is 0.529. The summed E-state index contributed by atoms with van der Waals surface area (Å²) in [5, 5.41) is 5.67. The Morgan fingerprint density at radius 2 is 1.77 bits per heavy atom. The predicted molar refractivity (Wildman–Crippen MR) is 88.5 cm³/mol. The number of aryl methyl sites for hydroxylation is 1. The van der Waals surface area contributed by atoms with Crippen molar-refractivity contribution in [3.63, 3.8) is 0 Å². The van der Waals surface area contributed by atoms with E-state index in [1.165, 1.54) is 0 Å². The molecule has 0 aliphatic carbocycles. The van der Waals surface area contributed by atoms with Crippen LogP contribution in [0.15, 0.2) is 24.3 Å². The lowest BCUT2D eigenvalue weighted by Crippen LogP contribution is -2.51. The molecule has 5 nitrogen and oxygen atoms in total. The molecule has 1 unspecified atom stereocenters. The fourth-order valence-corrected chi connectivity index (χ4v) is 2.17. The maximum absolute atomic E-state index is 12.4. The second kappa shape index (κ2) is 8.54. The van der Waals surface area contributed by atoms with Crippen LogP contribution in [-0.2, 0) is 4.79 Å². The smallest absolute Gasteiger partial charge is 0.252 e. The van der Waals surface area contributed by atoms with Gasteiger partial charge in [-0.15, -0.1) is 0 Å². The summed E-state index contributed by atoms with van der Waals surface area (Å²) < 4.78 is 0. The molecule has 0 heterocycles. The third-order valence-corrected chi connectivity index (χ3v) is 3.46. The average molecular weight is 305 g/mol. The van der Waals surface area contributed by atoms with E-state index in [0.29, 0.717) is 24.4 Å². The first kappa shape index (κ1) is 18.2. The number of carbonyl (C=O) groups excluding carboxylic acids is 2. The monoisotopic (exact) mass is 305 g/mol. The number of amides is 2. The number of hydrogen-bond donors (Lipinski definition) is 3. The van der Waals surface area contributed by atoms with Crippen LogP contribution >= 0.6 is 0 Å². The van der Waals surface area contributed by atoms with Gasteiger partial charge in [0.2, 0.25) is 5.91 Å². The van der Waals surface area contributed by atoms with Crippen molar-refractivity contribution in [1.82, 2.24) is 10.6 Å². The lowest BCUT2D eigenvalue weighted by Gasteiger charge is -2.22. The van der Waals surface area contributed by atoms with E-state index in [1.54, 1.807) is 6.07 Å². The summed E-state index contributed by atoms with van der Waals surface area (Å²) >= 11 is 0. The summed E-state index contributed by atoms with van der Waals surface area (Å²) in [5.74, 6) is -0.117. The maximum atomic E-state index is 12.4. The van der Waals surface area contributed by atoms with Crippen LogP contribution in [0.1, 0.15) is 43.1 Å². The van der Waals surface area contributed by atoms with Gasteiger partial charge < -0.3 is 16.4 Å². The molecule has 1 aromatic carbocycles. The van der Waals surface area contributed by atoms with Crippen molar-refractivity contribution in [3.05, 3.63) is 35.4 Å². The average Bonchev–Trinajstić information content (AvgIpc) is 2.46. The highest BCUT2D eigenvalue weighted by atomic mass is 16.2. The van der Waals surface area contributed by atoms with Crippen molar-refractivity contribution in [3.8, 4) is 0 Å². The Hall–Kier alpha value is -1.88. The largest absolute Gasteiger partial charge is 0.351 e. The van der Waals surface area contributed by atoms with Crippen LogP contribution < -0.4 is 16.4 Å². The number of benzene rings is 1. The van der Waals surface area contributed by atoms with E-state index in [-0.39, 0.29) is 17.9 Å². The predicted octanol–water partition coefficient (Wildman–Crippen LogP) is 1.60. The quantitative estimate of drug-likeness (QED) is 0.715. The second-order valence-electron chi connectivity index (χ2n) is 6.12. The first-order chi connectivity index (χ1) is 10.3. The molecular formula is C17H27N3O2. The first-order valence-electron chi connectivity index (χ1n) is 7.72. The van der Waals surface area contributed by atoms with E-state index in [2.05, 4.69) is 10.6 Å². The van der Waals surface area contributed by atoms with Crippen LogP contribution in [-0.4, -0.2) is 30.4 Å². The molecule has 22 heavy (non-hydrogen) atoms. The summed E-state index contributed by atoms with van der Waals surface area (Å²) in [5.41, 5.74) is 7.01. The maximum Gasteiger partial charge on any atom is 0.252 e. The molecule has 2 amide bonds. The zero-order chi connectivity index (χ0) is 16.7. The van der Waals surface area contributed by atoms with Crippen LogP contribution in [0.2, 0.25) is 0 Å². The third kappa shape index (κ3) is 5.48. The minimum atomic E-state index is -0.555.